The Bertz CT molecular complexity index is 1420. The number of aromatic nitrogens is 5. The fraction of sp³-hybridized carbons (Fsp3) is 0.0870. The molecule has 2 N–H and O–H groups in total. The van der Waals surface area contributed by atoms with Gasteiger partial charge in [-0.1, -0.05) is 24.3 Å². The Morgan fingerprint density at radius 3 is 1.83 bits per heavy atom. The summed E-state index contributed by atoms with van der Waals surface area (Å²) >= 11 is 1.55. The summed E-state index contributed by atoms with van der Waals surface area (Å²) in [5, 5.41) is 6.11. The van der Waals surface area contributed by atoms with E-state index < -0.39 is 0 Å². The normalized spacial score (nSPS) is 11.8. The van der Waals surface area contributed by atoms with E-state index in [1.165, 1.54) is 31.6 Å². The molecule has 3 heterocycles. The van der Waals surface area contributed by atoms with Crippen molar-refractivity contribution in [1.82, 2.24) is 24.3 Å². The molecular weight excluding hydrogens is 378 g/mol. The van der Waals surface area contributed by atoms with Crippen molar-refractivity contribution in [2.45, 2.75) is 13.8 Å². The standard InChI is InChI=1S/C23H17N5S/c1-12-24-10-21(27-12)14-3-5-16-17-6-4-15(22-11-25-13(2)28-22)8-19(17)23-20(9-26-29-23)18(16)7-14/h3-11H,1-2H3,(H,24,27)(H,25,28). The molecule has 0 aliphatic heterocycles. The van der Waals surface area contributed by atoms with E-state index in [9.17, 15) is 0 Å². The van der Waals surface area contributed by atoms with Crippen LogP contribution in [0.25, 0.3) is 54.1 Å². The van der Waals surface area contributed by atoms with Crippen LogP contribution in [-0.4, -0.2) is 24.3 Å². The Morgan fingerprint density at radius 1 is 0.655 bits per heavy atom. The first-order chi connectivity index (χ1) is 14.2. The van der Waals surface area contributed by atoms with E-state index in [1.807, 2.05) is 32.4 Å². The molecule has 140 valence electrons. The summed E-state index contributed by atoms with van der Waals surface area (Å²) in [5.74, 6) is 1.84. The number of hydrogen-bond acceptors (Lipinski definition) is 4. The van der Waals surface area contributed by atoms with E-state index in [0.717, 1.165) is 34.2 Å². The summed E-state index contributed by atoms with van der Waals surface area (Å²) in [6.07, 6.45) is 5.76. The highest BCUT2D eigenvalue weighted by molar-refractivity contribution is 7.14. The van der Waals surface area contributed by atoms with Crippen LogP contribution in [0.5, 0.6) is 0 Å². The third-order valence-electron chi connectivity index (χ3n) is 5.46. The SMILES string of the molecule is Cc1ncc(-c2ccc3c(c2)c2cnsc2c2cc(-c4cnc(C)[nH]4)ccc32)[nH]1. The molecule has 0 radical (unpaired) electrons. The van der Waals surface area contributed by atoms with Crippen LogP contribution in [0.1, 0.15) is 11.6 Å². The molecule has 0 saturated carbocycles. The molecule has 6 rings (SSSR count). The Morgan fingerprint density at radius 2 is 1.24 bits per heavy atom. The van der Waals surface area contributed by atoms with Crippen LogP contribution in [0.2, 0.25) is 0 Å². The Hall–Kier alpha value is -3.51. The number of hydrogen-bond donors (Lipinski definition) is 2. The molecule has 3 aromatic carbocycles. The average molecular weight is 395 g/mol. The third-order valence-corrected chi connectivity index (χ3v) is 6.30. The van der Waals surface area contributed by atoms with Gasteiger partial charge in [-0.15, -0.1) is 0 Å². The third kappa shape index (κ3) is 2.49. The molecule has 6 heteroatoms. The van der Waals surface area contributed by atoms with Crippen molar-refractivity contribution in [2.75, 3.05) is 0 Å². The van der Waals surface area contributed by atoms with Crippen molar-refractivity contribution in [2.24, 2.45) is 0 Å². The topological polar surface area (TPSA) is 70.2 Å². The maximum absolute atomic E-state index is 4.52. The van der Waals surface area contributed by atoms with Crippen LogP contribution in [0, 0.1) is 13.8 Å². The van der Waals surface area contributed by atoms with Crippen molar-refractivity contribution in [3.8, 4) is 22.5 Å². The molecule has 0 atom stereocenters. The predicted molar refractivity (Wildman–Crippen MR) is 119 cm³/mol. The van der Waals surface area contributed by atoms with E-state index in [2.05, 4.69) is 60.7 Å². The molecular formula is C23H17N5S. The molecule has 0 saturated heterocycles. The van der Waals surface area contributed by atoms with Gasteiger partial charge in [0.2, 0.25) is 0 Å². The fourth-order valence-electron chi connectivity index (χ4n) is 4.06. The van der Waals surface area contributed by atoms with Gasteiger partial charge in [0.1, 0.15) is 11.6 Å². The molecule has 0 spiro atoms. The number of imidazole rings is 2. The zero-order chi connectivity index (χ0) is 19.5. The van der Waals surface area contributed by atoms with Gasteiger partial charge in [-0.25, -0.2) is 9.97 Å². The maximum atomic E-state index is 4.52. The maximum Gasteiger partial charge on any atom is 0.103 e. The molecule has 3 aromatic heterocycles. The number of rotatable bonds is 2. The molecule has 0 bridgehead atoms. The summed E-state index contributed by atoms with van der Waals surface area (Å²) in [5.41, 5.74) is 4.34. The minimum Gasteiger partial charge on any atom is -0.342 e. The minimum atomic E-state index is 0.919. The van der Waals surface area contributed by atoms with Gasteiger partial charge < -0.3 is 9.97 Å². The number of aryl methyl sites for hydroxylation is 2. The van der Waals surface area contributed by atoms with Crippen LogP contribution in [0.15, 0.2) is 55.0 Å². The van der Waals surface area contributed by atoms with Gasteiger partial charge in [-0.2, -0.15) is 4.37 Å². The van der Waals surface area contributed by atoms with Crippen LogP contribution in [0.3, 0.4) is 0 Å². The van der Waals surface area contributed by atoms with E-state index >= 15 is 0 Å². The second-order valence-corrected chi connectivity index (χ2v) is 8.16. The molecule has 0 aliphatic rings. The van der Waals surface area contributed by atoms with Gasteiger partial charge >= 0.3 is 0 Å². The lowest BCUT2D eigenvalue weighted by Crippen LogP contribution is -1.85. The van der Waals surface area contributed by atoms with E-state index in [4.69, 9.17) is 0 Å². The minimum absolute atomic E-state index is 0.919. The predicted octanol–water partition coefficient (Wildman–Crippen LogP) is 6.00. The van der Waals surface area contributed by atoms with Crippen LogP contribution in [0.4, 0.5) is 0 Å². The molecule has 5 nitrogen and oxygen atoms in total. The van der Waals surface area contributed by atoms with E-state index in [-0.39, 0.29) is 0 Å². The van der Waals surface area contributed by atoms with Crippen molar-refractivity contribution < 1.29 is 0 Å². The number of nitrogens with one attached hydrogen (secondary N) is 2. The van der Waals surface area contributed by atoms with Crippen LogP contribution < -0.4 is 0 Å². The lowest BCUT2D eigenvalue weighted by atomic mass is 9.95. The smallest absolute Gasteiger partial charge is 0.103 e. The van der Waals surface area contributed by atoms with E-state index in [1.54, 1.807) is 11.5 Å². The largest absolute Gasteiger partial charge is 0.342 e. The number of aromatic amines is 2. The number of fused-ring (bicyclic) bond motifs is 6. The Balaban J connectivity index is 1.66. The van der Waals surface area contributed by atoms with Gasteiger partial charge in [0.15, 0.2) is 0 Å². The quantitative estimate of drug-likeness (QED) is 0.353. The summed E-state index contributed by atoms with van der Waals surface area (Å²) < 4.78 is 5.73. The van der Waals surface area contributed by atoms with Crippen molar-refractivity contribution in [3.63, 3.8) is 0 Å². The highest BCUT2D eigenvalue weighted by Gasteiger charge is 2.13. The first-order valence-electron chi connectivity index (χ1n) is 9.45. The molecule has 0 fully saturated rings. The summed E-state index contributed by atoms with van der Waals surface area (Å²) in [4.78, 5) is 15.3. The first-order valence-corrected chi connectivity index (χ1v) is 10.2. The number of benzene rings is 3. The monoisotopic (exact) mass is 395 g/mol. The zero-order valence-electron chi connectivity index (χ0n) is 15.9. The average Bonchev–Trinajstić information content (AvgIpc) is 3.48. The fourth-order valence-corrected chi connectivity index (χ4v) is 4.86. The molecule has 0 unspecified atom stereocenters. The van der Waals surface area contributed by atoms with Gasteiger partial charge in [0.25, 0.3) is 0 Å². The highest BCUT2D eigenvalue weighted by atomic mass is 32.1. The summed E-state index contributed by atoms with van der Waals surface area (Å²) in [7, 11) is 0. The molecule has 0 amide bonds. The van der Waals surface area contributed by atoms with Gasteiger partial charge in [0.05, 0.1) is 28.5 Å². The highest BCUT2D eigenvalue weighted by Crippen LogP contribution is 2.39. The van der Waals surface area contributed by atoms with Gasteiger partial charge in [0, 0.05) is 28.1 Å². The van der Waals surface area contributed by atoms with Gasteiger partial charge in [-0.05, 0) is 53.7 Å². The zero-order valence-corrected chi connectivity index (χ0v) is 16.8. The first kappa shape index (κ1) is 16.4. The second-order valence-electron chi connectivity index (χ2n) is 7.35. The van der Waals surface area contributed by atoms with Crippen molar-refractivity contribution in [3.05, 3.63) is 66.6 Å². The Labute approximate surface area is 170 Å². The lowest BCUT2D eigenvalue weighted by Gasteiger charge is -2.10. The number of H-pyrrole nitrogens is 2. The molecule has 29 heavy (non-hydrogen) atoms. The summed E-state index contributed by atoms with van der Waals surface area (Å²) in [6.45, 7) is 3.94. The molecule has 0 aliphatic carbocycles. The number of nitrogens with zero attached hydrogens (tertiary/aromatic N) is 3. The van der Waals surface area contributed by atoms with Crippen molar-refractivity contribution >= 4 is 43.2 Å². The summed E-state index contributed by atoms with van der Waals surface area (Å²) in [6, 6.07) is 13.2. The Kier molecular flexibility index (Phi) is 3.40. The lowest BCUT2D eigenvalue weighted by molar-refractivity contribution is 1.15. The van der Waals surface area contributed by atoms with Gasteiger partial charge in [-0.3, -0.25) is 0 Å². The van der Waals surface area contributed by atoms with E-state index in [0.29, 0.717) is 0 Å². The van der Waals surface area contributed by atoms with Crippen LogP contribution >= 0.6 is 11.5 Å². The van der Waals surface area contributed by atoms with Crippen LogP contribution in [-0.2, 0) is 0 Å². The second kappa shape index (κ2) is 5.99. The molecule has 6 aromatic rings. The van der Waals surface area contributed by atoms with Crippen molar-refractivity contribution in [1.29, 1.82) is 0 Å².